The van der Waals surface area contributed by atoms with Gasteiger partial charge in [-0.1, -0.05) is 20.4 Å². The van der Waals surface area contributed by atoms with Crippen molar-refractivity contribution in [3.63, 3.8) is 0 Å². The van der Waals surface area contributed by atoms with Crippen LogP contribution in [0.3, 0.4) is 0 Å². The summed E-state index contributed by atoms with van der Waals surface area (Å²) in [7, 11) is 0. The highest BCUT2D eigenvalue weighted by molar-refractivity contribution is 5.91. The van der Waals surface area contributed by atoms with E-state index < -0.39 is 0 Å². The zero-order valence-corrected chi connectivity index (χ0v) is 8.05. The number of hydrogen-bond acceptors (Lipinski definition) is 1. The average Bonchev–Trinajstić information content (AvgIpc) is 2.01. The van der Waals surface area contributed by atoms with Crippen LogP contribution in [0.5, 0.6) is 0 Å². The van der Waals surface area contributed by atoms with Gasteiger partial charge in [0, 0.05) is 5.92 Å². The molecule has 0 heterocycles. The Labute approximate surface area is 74.9 Å². The fraction of sp³-hybridized carbons (Fsp3) is 0.727. The van der Waals surface area contributed by atoms with Gasteiger partial charge in [-0.3, -0.25) is 4.79 Å². The van der Waals surface area contributed by atoms with Crippen molar-refractivity contribution in [1.82, 2.24) is 0 Å². The highest BCUT2D eigenvalue weighted by atomic mass is 16.1. The quantitative estimate of drug-likeness (QED) is 0.576. The number of allylic oxidation sites excluding steroid dienone is 1. The van der Waals surface area contributed by atoms with E-state index in [4.69, 9.17) is 0 Å². The molecule has 0 aromatic rings. The SMILES string of the molecule is C=CC(=O)C1CC(C)CC(C)C1. The van der Waals surface area contributed by atoms with Crippen LogP contribution >= 0.6 is 0 Å². The molecular weight excluding hydrogens is 148 g/mol. The molecule has 12 heavy (non-hydrogen) atoms. The minimum absolute atomic E-state index is 0.244. The van der Waals surface area contributed by atoms with Crippen molar-refractivity contribution in [2.24, 2.45) is 17.8 Å². The Morgan fingerprint density at radius 3 is 2.17 bits per heavy atom. The maximum absolute atomic E-state index is 11.3. The summed E-state index contributed by atoms with van der Waals surface area (Å²) >= 11 is 0. The number of carbonyl (C=O) groups excluding carboxylic acids is 1. The first-order valence-electron chi connectivity index (χ1n) is 4.79. The molecule has 2 unspecified atom stereocenters. The van der Waals surface area contributed by atoms with Gasteiger partial charge in [-0.05, 0) is 37.2 Å². The molecule has 1 aliphatic rings. The van der Waals surface area contributed by atoms with E-state index in [2.05, 4.69) is 20.4 Å². The van der Waals surface area contributed by atoms with Crippen LogP contribution in [0.25, 0.3) is 0 Å². The summed E-state index contributed by atoms with van der Waals surface area (Å²) in [4.78, 5) is 11.3. The monoisotopic (exact) mass is 166 g/mol. The fourth-order valence-electron chi connectivity index (χ4n) is 2.35. The summed E-state index contributed by atoms with van der Waals surface area (Å²) in [5.74, 6) is 1.93. The molecule has 0 aromatic heterocycles. The second-order valence-electron chi connectivity index (χ2n) is 4.22. The van der Waals surface area contributed by atoms with Crippen LogP contribution in [0.4, 0.5) is 0 Å². The van der Waals surface area contributed by atoms with E-state index in [1.807, 2.05) is 0 Å². The lowest BCUT2D eigenvalue weighted by atomic mass is 9.75. The largest absolute Gasteiger partial charge is 0.295 e. The van der Waals surface area contributed by atoms with E-state index in [9.17, 15) is 4.79 Å². The molecule has 1 saturated carbocycles. The Morgan fingerprint density at radius 2 is 1.75 bits per heavy atom. The van der Waals surface area contributed by atoms with Crippen molar-refractivity contribution in [2.75, 3.05) is 0 Å². The van der Waals surface area contributed by atoms with Crippen LogP contribution < -0.4 is 0 Å². The first-order valence-corrected chi connectivity index (χ1v) is 4.79. The van der Waals surface area contributed by atoms with Crippen LogP contribution in [0.1, 0.15) is 33.1 Å². The summed E-state index contributed by atoms with van der Waals surface area (Å²) in [5, 5.41) is 0. The summed E-state index contributed by atoms with van der Waals surface area (Å²) in [6, 6.07) is 0. The molecule has 0 bridgehead atoms. The van der Waals surface area contributed by atoms with Gasteiger partial charge >= 0.3 is 0 Å². The highest BCUT2D eigenvalue weighted by Crippen LogP contribution is 2.33. The molecule has 1 aliphatic carbocycles. The zero-order valence-electron chi connectivity index (χ0n) is 8.05. The lowest BCUT2D eigenvalue weighted by molar-refractivity contribution is -0.120. The third kappa shape index (κ3) is 2.20. The molecule has 0 amide bonds. The fourth-order valence-corrected chi connectivity index (χ4v) is 2.35. The van der Waals surface area contributed by atoms with Crippen LogP contribution in [-0.4, -0.2) is 5.78 Å². The molecule has 2 atom stereocenters. The van der Waals surface area contributed by atoms with Crippen LogP contribution in [0.2, 0.25) is 0 Å². The van der Waals surface area contributed by atoms with Gasteiger partial charge in [0.1, 0.15) is 0 Å². The number of hydrogen-bond donors (Lipinski definition) is 0. The molecule has 0 aromatic carbocycles. The minimum Gasteiger partial charge on any atom is -0.295 e. The number of carbonyl (C=O) groups is 1. The van der Waals surface area contributed by atoms with Crippen molar-refractivity contribution in [3.05, 3.63) is 12.7 Å². The smallest absolute Gasteiger partial charge is 0.158 e. The Morgan fingerprint density at radius 1 is 1.25 bits per heavy atom. The average molecular weight is 166 g/mol. The summed E-state index contributed by atoms with van der Waals surface area (Å²) in [5.41, 5.74) is 0. The van der Waals surface area contributed by atoms with Gasteiger partial charge in [-0.2, -0.15) is 0 Å². The normalized spacial score (nSPS) is 36.0. The van der Waals surface area contributed by atoms with Crippen molar-refractivity contribution in [3.8, 4) is 0 Å². The zero-order chi connectivity index (χ0) is 9.14. The lowest BCUT2D eigenvalue weighted by Gasteiger charge is -2.29. The van der Waals surface area contributed by atoms with Crippen LogP contribution in [0.15, 0.2) is 12.7 Å². The molecule has 0 saturated heterocycles. The molecule has 1 heteroatoms. The maximum atomic E-state index is 11.3. The lowest BCUT2D eigenvalue weighted by Crippen LogP contribution is -2.24. The van der Waals surface area contributed by atoms with E-state index >= 15 is 0 Å². The number of ketones is 1. The van der Waals surface area contributed by atoms with Crippen molar-refractivity contribution < 1.29 is 4.79 Å². The second-order valence-corrected chi connectivity index (χ2v) is 4.22. The molecule has 0 aliphatic heterocycles. The van der Waals surface area contributed by atoms with E-state index in [1.54, 1.807) is 0 Å². The van der Waals surface area contributed by atoms with E-state index in [0.717, 1.165) is 12.8 Å². The third-order valence-corrected chi connectivity index (χ3v) is 2.78. The first kappa shape index (κ1) is 9.50. The Balaban J connectivity index is 2.54. The predicted octanol–water partition coefficient (Wildman–Crippen LogP) is 2.81. The van der Waals surface area contributed by atoms with Crippen LogP contribution in [-0.2, 0) is 4.79 Å². The topological polar surface area (TPSA) is 17.1 Å². The molecule has 1 fully saturated rings. The highest BCUT2D eigenvalue weighted by Gasteiger charge is 2.27. The van der Waals surface area contributed by atoms with Crippen molar-refractivity contribution in [2.45, 2.75) is 33.1 Å². The van der Waals surface area contributed by atoms with E-state index in [0.29, 0.717) is 11.8 Å². The van der Waals surface area contributed by atoms with Crippen LogP contribution in [0, 0.1) is 17.8 Å². The molecule has 1 nitrogen and oxygen atoms in total. The number of rotatable bonds is 2. The minimum atomic E-state index is 0.244. The standard InChI is InChI=1S/C11H18O/c1-4-11(12)10-6-8(2)5-9(3)7-10/h4,8-10H,1,5-7H2,2-3H3. The predicted molar refractivity (Wildman–Crippen MR) is 50.9 cm³/mol. The molecule has 0 N–H and O–H groups in total. The molecule has 0 spiro atoms. The van der Waals surface area contributed by atoms with Gasteiger partial charge in [0.25, 0.3) is 0 Å². The van der Waals surface area contributed by atoms with E-state index in [1.165, 1.54) is 12.5 Å². The van der Waals surface area contributed by atoms with Crippen molar-refractivity contribution in [1.29, 1.82) is 0 Å². The maximum Gasteiger partial charge on any atom is 0.158 e. The Hall–Kier alpha value is -0.590. The van der Waals surface area contributed by atoms with Gasteiger partial charge in [0.2, 0.25) is 0 Å². The van der Waals surface area contributed by atoms with E-state index in [-0.39, 0.29) is 11.7 Å². The van der Waals surface area contributed by atoms with Gasteiger partial charge in [0.05, 0.1) is 0 Å². The third-order valence-electron chi connectivity index (χ3n) is 2.78. The summed E-state index contributed by atoms with van der Waals surface area (Å²) < 4.78 is 0. The molecular formula is C11H18O. The Bertz CT molecular complexity index is 173. The second kappa shape index (κ2) is 3.88. The molecule has 68 valence electrons. The molecule has 0 radical (unpaired) electrons. The molecule has 1 rings (SSSR count). The van der Waals surface area contributed by atoms with Gasteiger partial charge in [-0.15, -0.1) is 0 Å². The van der Waals surface area contributed by atoms with Gasteiger partial charge in [0.15, 0.2) is 5.78 Å². The Kier molecular flexibility index (Phi) is 3.07. The van der Waals surface area contributed by atoms with Crippen molar-refractivity contribution >= 4 is 5.78 Å². The first-order chi connectivity index (χ1) is 5.63. The summed E-state index contributed by atoms with van der Waals surface area (Å²) in [6.07, 6.45) is 4.89. The summed E-state index contributed by atoms with van der Waals surface area (Å²) in [6.45, 7) is 8.01. The van der Waals surface area contributed by atoms with Gasteiger partial charge in [-0.25, -0.2) is 0 Å². The van der Waals surface area contributed by atoms with Gasteiger partial charge < -0.3 is 0 Å².